The van der Waals surface area contributed by atoms with E-state index < -0.39 is 23.7 Å². The van der Waals surface area contributed by atoms with Crippen LogP contribution in [0.25, 0.3) is 0 Å². The summed E-state index contributed by atoms with van der Waals surface area (Å²) < 4.78 is 23.4. The van der Waals surface area contributed by atoms with Crippen molar-refractivity contribution >= 4 is 17.7 Å². The number of furan rings is 1. The van der Waals surface area contributed by atoms with Crippen LogP contribution in [0.5, 0.6) is 0 Å². The molecule has 1 atom stereocenters. The molecule has 0 saturated carbocycles. The van der Waals surface area contributed by atoms with E-state index >= 15 is 0 Å². The first-order chi connectivity index (χ1) is 14.7. The number of benzene rings is 1. The molecule has 0 bridgehead atoms. The third-order valence-electron chi connectivity index (χ3n) is 5.18. The lowest BCUT2D eigenvalue weighted by Gasteiger charge is -2.28. The Morgan fingerprint density at radius 3 is 2.42 bits per heavy atom. The first-order valence-corrected chi connectivity index (χ1v) is 9.65. The lowest BCUT2D eigenvalue weighted by Crippen LogP contribution is -2.43. The van der Waals surface area contributed by atoms with Crippen LogP contribution in [0.1, 0.15) is 55.1 Å². The van der Waals surface area contributed by atoms with E-state index in [0.717, 1.165) is 0 Å². The number of aryl methyl sites for hydroxylation is 1. The number of nitrogens with one attached hydrogen (secondary N) is 1. The van der Waals surface area contributed by atoms with E-state index in [1.165, 1.54) is 42.5 Å². The predicted molar refractivity (Wildman–Crippen MR) is 110 cm³/mol. The number of Topliss-reactive ketones (excluding diaryl/α,β-unsaturated/α-hetero) is 1. The van der Waals surface area contributed by atoms with Gasteiger partial charge < -0.3 is 19.0 Å². The van der Waals surface area contributed by atoms with Crippen LogP contribution in [-0.2, 0) is 11.3 Å². The van der Waals surface area contributed by atoms with Gasteiger partial charge in [-0.15, -0.1) is 0 Å². The Kier molecular flexibility index (Phi) is 6.39. The van der Waals surface area contributed by atoms with E-state index in [1.807, 2.05) is 0 Å². The molecule has 0 unspecified atom stereocenters. The molecule has 162 valence electrons. The molecule has 0 fully saturated rings. The predicted octanol–water partition coefficient (Wildman–Crippen LogP) is 4.06. The maximum atomic E-state index is 13.4. The smallest absolute Gasteiger partial charge is 0.354 e. The highest BCUT2D eigenvalue weighted by atomic mass is 19.1. The molecule has 31 heavy (non-hydrogen) atoms. The number of methoxy groups -OCH3 is 1. The third-order valence-corrected chi connectivity index (χ3v) is 5.18. The van der Waals surface area contributed by atoms with Crippen molar-refractivity contribution in [1.29, 1.82) is 0 Å². The average Bonchev–Trinajstić information content (AvgIpc) is 3.38. The summed E-state index contributed by atoms with van der Waals surface area (Å²) in [4.78, 5) is 42.9. The molecule has 0 spiro atoms. The summed E-state index contributed by atoms with van der Waals surface area (Å²) in [6, 6.07) is 7.61. The summed E-state index contributed by atoms with van der Waals surface area (Å²) >= 11 is 0. The number of carbonyl (C=O) groups excluding carboxylic acids is 3. The van der Waals surface area contributed by atoms with Crippen LogP contribution >= 0.6 is 0 Å². The number of esters is 1. The van der Waals surface area contributed by atoms with Crippen molar-refractivity contribution < 1.29 is 27.9 Å². The van der Waals surface area contributed by atoms with Gasteiger partial charge >= 0.3 is 5.97 Å². The van der Waals surface area contributed by atoms with Crippen molar-refractivity contribution in [3.05, 3.63) is 82.3 Å². The largest absolute Gasteiger partial charge is 0.467 e. The number of ketones is 1. The van der Waals surface area contributed by atoms with Crippen molar-refractivity contribution in [2.24, 2.45) is 0 Å². The normalized spacial score (nSPS) is 11.8. The number of ether oxygens (including phenoxy) is 1. The highest BCUT2D eigenvalue weighted by Crippen LogP contribution is 2.24. The Morgan fingerprint density at radius 1 is 1.16 bits per heavy atom. The van der Waals surface area contributed by atoms with Crippen LogP contribution in [0, 0.1) is 19.7 Å². The maximum absolute atomic E-state index is 13.4. The molecule has 7 nitrogen and oxygen atoms in total. The number of carbonyl (C=O) groups is 3. The summed E-state index contributed by atoms with van der Waals surface area (Å²) in [5.74, 6) is -1.35. The van der Waals surface area contributed by atoms with Gasteiger partial charge in [-0.1, -0.05) is 0 Å². The molecule has 0 saturated heterocycles. The van der Waals surface area contributed by atoms with E-state index in [2.05, 4.69) is 4.98 Å². The summed E-state index contributed by atoms with van der Waals surface area (Å²) in [5.41, 5.74) is 1.71. The lowest BCUT2D eigenvalue weighted by atomic mass is 9.99. The summed E-state index contributed by atoms with van der Waals surface area (Å²) in [6.07, 6.45) is 1.48. The monoisotopic (exact) mass is 426 g/mol. The summed E-state index contributed by atoms with van der Waals surface area (Å²) in [5, 5.41) is 0. The second-order valence-corrected chi connectivity index (χ2v) is 7.18. The molecule has 2 aromatic heterocycles. The average molecular weight is 426 g/mol. The molecule has 1 N–H and O–H groups in total. The Bertz CT molecular complexity index is 1100. The Labute approximate surface area is 178 Å². The van der Waals surface area contributed by atoms with Gasteiger partial charge in [-0.05, 0) is 62.7 Å². The van der Waals surface area contributed by atoms with Gasteiger partial charge in [0.1, 0.15) is 17.3 Å². The highest BCUT2D eigenvalue weighted by molar-refractivity contribution is 6.07. The van der Waals surface area contributed by atoms with Crippen molar-refractivity contribution in [1.82, 2.24) is 9.88 Å². The number of hydrogen-bond donors (Lipinski definition) is 1. The van der Waals surface area contributed by atoms with Crippen LogP contribution < -0.4 is 0 Å². The highest BCUT2D eigenvalue weighted by Gasteiger charge is 2.32. The minimum atomic E-state index is -0.888. The molecule has 2 heterocycles. The second kappa shape index (κ2) is 8.99. The van der Waals surface area contributed by atoms with E-state index in [-0.39, 0.29) is 23.6 Å². The SMILES string of the molecule is COC(=O)c1[nH]c(C)c(C(=O)[C@@H](C)N(Cc2ccco2)C(=O)c2ccc(F)cc2)c1C. The van der Waals surface area contributed by atoms with Gasteiger partial charge in [0.05, 0.1) is 26.0 Å². The van der Waals surface area contributed by atoms with E-state index in [4.69, 9.17) is 9.15 Å². The Balaban J connectivity index is 1.98. The van der Waals surface area contributed by atoms with Crippen LogP contribution in [0.3, 0.4) is 0 Å². The number of hydrogen-bond acceptors (Lipinski definition) is 5. The zero-order chi connectivity index (χ0) is 22.7. The van der Waals surface area contributed by atoms with Crippen LogP contribution in [-0.4, -0.2) is 40.7 Å². The first kappa shape index (κ1) is 22.0. The fourth-order valence-corrected chi connectivity index (χ4v) is 3.49. The van der Waals surface area contributed by atoms with Crippen LogP contribution in [0.15, 0.2) is 47.1 Å². The molecule has 0 radical (unpaired) electrons. The van der Waals surface area contributed by atoms with Crippen LogP contribution in [0.2, 0.25) is 0 Å². The van der Waals surface area contributed by atoms with Gasteiger partial charge in [0, 0.05) is 16.8 Å². The molecule has 0 aliphatic carbocycles. The fourth-order valence-electron chi connectivity index (χ4n) is 3.49. The number of aromatic amines is 1. The first-order valence-electron chi connectivity index (χ1n) is 9.65. The Hall–Kier alpha value is -3.68. The molecular weight excluding hydrogens is 403 g/mol. The number of rotatable bonds is 7. The van der Waals surface area contributed by atoms with E-state index in [0.29, 0.717) is 22.6 Å². The molecule has 1 aromatic carbocycles. The molecule has 0 aliphatic rings. The third kappa shape index (κ3) is 4.42. The topological polar surface area (TPSA) is 92.6 Å². The van der Waals surface area contributed by atoms with E-state index in [9.17, 15) is 18.8 Å². The number of aromatic nitrogens is 1. The van der Waals surface area contributed by atoms with Gasteiger partial charge in [-0.2, -0.15) is 0 Å². The number of halogens is 1. The molecule has 8 heteroatoms. The minimum absolute atomic E-state index is 0.0441. The molecule has 3 aromatic rings. The van der Waals surface area contributed by atoms with Crippen molar-refractivity contribution in [3.63, 3.8) is 0 Å². The van der Waals surface area contributed by atoms with Gasteiger partial charge in [-0.3, -0.25) is 9.59 Å². The quantitative estimate of drug-likeness (QED) is 0.454. The van der Waals surface area contributed by atoms with Crippen molar-refractivity contribution in [3.8, 4) is 0 Å². The van der Waals surface area contributed by atoms with Gasteiger partial charge in [-0.25, -0.2) is 9.18 Å². The van der Waals surface area contributed by atoms with E-state index in [1.54, 1.807) is 32.9 Å². The summed E-state index contributed by atoms with van der Waals surface area (Å²) in [7, 11) is 1.26. The second-order valence-electron chi connectivity index (χ2n) is 7.18. The molecule has 1 amide bonds. The van der Waals surface area contributed by atoms with Crippen molar-refractivity contribution in [2.45, 2.75) is 33.4 Å². The standard InChI is InChI=1S/C23H23FN2O5/c1-13-19(14(2)25-20(13)23(29)30-4)21(27)15(3)26(12-18-6-5-11-31-18)22(28)16-7-9-17(24)10-8-16/h5-11,15,25H,12H2,1-4H3/t15-/m1/s1. The van der Waals surface area contributed by atoms with Gasteiger partial charge in [0.15, 0.2) is 5.78 Å². The minimum Gasteiger partial charge on any atom is -0.467 e. The number of amides is 1. The molecular formula is C23H23FN2O5. The molecule has 0 aliphatic heterocycles. The van der Waals surface area contributed by atoms with Gasteiger partial charge in [0.2, 0.25) is 0 Å². The fraction of sp³-hybridized carbons (Fsp3) is 0.261. The lowest BCUT2D eigenvalue weighted by molar-refractivity contribution is 0.0590. The zero-order valence-corrected chi connectivity index (χ0v) is 17.7. The zero-order valence-electron chi connectivity index (χ0n) is 17.7. The number of nitrogens with zero attached hydrogens (tertiary/aromatic N) is 1. The number of H-pyrrole nitrogens is 1. The summed E-state index contributed by atoms with van der Waals surface area (Å²) in [6.45, 7) is 4.98. The molecule has 3 rings (SSSR count). The van der Waals surface area contributed by atoms with Crippen LogP contribution in [0.4, 0.5) is 4.39 Å². The van der Waals surface area contributed by atoms with Gasteiger partial charge in [0.25, 0.3) is 5.91 Å². The Morgan fingerprint density at radius 2 is 1.84 bits per heavy atom. The van der Waals surface area contributed by atoms with Crippen molar-refractivity contribution in [2.75, 3.05) is 7.11 Å². The maximum Gasteiger partial charge on any atom is 0.354 e.